The van der Waals surface area contributed by atoms with Crippen LogP contribution in [0.4, 0.5) is 0 Å². The van der Waals surface area contributed by atoms with Crippen LogP contribution in [-0.2, 0) is 16.0 Å². The zero-order valence-electron chi connectivity index (χ0n) is 13.3. The molecule has 3 rings (SSSR count). The highest BCUT2D eigenvalue weighted by Gasteiger charge is 2.23. The first-order valence-corrected chi connectivity index (χ1v) is 8.03. The molecule has 2 heterocycles. The van der Waals surface area contributed by atoms with E-state index in [0.717, 1.165) is 12.0 Å². The number of morpholine rings is 1. The number of hydrogen-bond donors (Lipinski definition) is 0. The van der Waals surface area contributed by atoms with Crippen molar-refractivity contribution in [2.24, 2.45) is 0 Å². The molecule has 1 saturated heterocycles. The van der Waals surface area contributed by atoms with Gasteiger partial charge in [0.25, 0.3) is 0 Å². The Kier molecular flexibility index (Phi) is 5.02. The number of carbonyl (C=O) groups is 1. The molecule has 0 bridgehead atoms. The smallest absolute Gasteiger partial charge is 0.227 e. The zero-order chi connectivity index (χ0) is 16.1. The predicted molar refractivity (Wildman–Crippen MR) is 84.7 cm³/mol. The van der Waals surface area contributed by atoms with E-state index in [9.17, 15) is 4.79 Å². The molecule has 1 aliphatic rings. The van der Waals surface area contributed by atoms with E-state index in [1.54, 1.807) is 0 Å². The summed E-state index contributed by atoms with van der Waals surface area (Å²) in [5.41, 5.74) is 0.910. The number of amides is 1. The van der Waals surface area contributed by atoms with E-state index in [0.29, 0.717) is 44.3 Å². The van der Waals surface area contributed by atoms with Gasteiger partial charge in [-0.3, -0.25) is 4.79 Å². The molecule has 1 amide bonds. The van der Waals surface area contributed by atoms with Crippen LogP contribution in [0.3, 0.4) is 0 Å². The Hall–Kier alpha value is -2.21. The van der Waals surface area contributed by atoms with Gasteiger partial charge in [0.1, 0.15) is 0 Å². The molecule has 1 aliphatic heterocycles. The molecule has 2 aromatic rings. The number of aryl methyl sites for hydroxylation is 1. The fourth-order valence-corrected chi connectivity index (χ4v) is 2.63. The summed E-state index contributed by atoms with van der Waals surface area (Å²) in [7, 11) is 0. The Morgan fingerprint density at radius 3 is 2.96 bits per heavy atom. The molecule has 1 aromatic heterocycles. The maximum atomic E-state index is 12.3. The standard InChI is InChI=1S/C17H21N3O3/c1-2-14-12-20(10-11-22-14)16(21)9-8-15-18-17(19-23-15)13-6-4-3-5-7-13/h3-7,14H,2,8-12H2,1H3/t14-/m0/s1. The van der Waals surface area contributed by atoms with Gasteiger partial charge in [-0.2, -0.15) is 4.98 Å². The van der Waals surface area contributed by atoms with Crippen LogP contribution in [0.2, 0.25) is 0 Å². The number of hydrogen-bond acceptors (Lipinski definition) is 5. The van der Waals surface area contributed by atoms with Crippen molar-refractivity contribution < 1.29 is 14.1 Å². The third-order valence-electron chi connectivity index (χ3n) is 4.00. The summed E-state index contributed by atoms with van der Waals surface area (Å²) < 4.78 is 10.8. The Bertz CT molecular complexity index is 642. The van der Waals surface area contributed by atoms with Crippen LogP contribution in [0.1, 0.15) is 25.7 Å². The first-order valence-electron chi connectivity index (χ1n) is 8.03. The van der Waals surface area contributed by atoms with Crippen molar-refractivity contribution in [1.82, 2.24) is 15.0 Å². The van der Waals surface area contributed by atoms with Crippen LogP contribution in [0.5, 0.6) is 0 Å². The van der Waals surface area contributed by atoms with Gasteiger partial charge < -0.3 is 14.2 Å². The van der Waals surface area contributed by atoms with Gasteiger partial charge >= 0.3 is 0 Å². The van der Waals surface area contributed by atoms with Gasteiger partial charge in [0.2, 0.25) is 17.6 Å². The molecule has 0 unspecified atom stereocenters. The molecule has 1 atom stereocenters. The lowest BCUT2D eigenvalue weighted by atomic mass is 10.2. The van der Waals surface area contributed by atoms with Crippen LogP contribution in [0.15, 0.2) is 34.9 Å². The molecular weight excluding hydrogens is 294 g/mol. The molecule has 122 valence electrons. The molecule has 0 saturated carbocycles. The second-order valence-corrected chi connectivity index (χ2v) is 5.62. The molecule has 6 nitrogen and oxygen atoms in total. The molecule has 1 aromatic carbocycles. The van der Waals surface area contributed by atoms with Crippen LogP contribution >= 0.6 is 0 Å². The van der Waals surface area contributed by atoms with E-state index in [1.807, 2.05) is 35.2 Å². The average molecular weight is 315 g/mol. The Morgan fingerprint density at radius 2 is 2.17 bits per heavy atom. The van der Waals surface area contributed by atoms with Crippen molar-refractivity contribution in [2.45, 2.75) is 32.3 Å². The maximum Gasteiger partial charge on any atom is 0.227 e. The maximum absolute atomic E-state index is 12.3. The third-order valence-corrected chi connectivity index (χ3v) is 4.00. The number of ether oxygens (including phenoxy) is 1. The van der Waals surface area contributed by atoms with Gasteiger partial charge in [-0.15, -0.1) is 0 Å². The lowest BCUT2D eigenvalue weighted by Gasteiger charge is -2.32. The molecule has 0 aliphatic carbocycles. The van der Waals surface area contributed by atoms with E-state index >= 15 is 0 Å². The van der Waals surface area contributed by atoms with E-state index in [-0.39, 0.29) is 12.0 Å². The monoisotopic (exact) mass is 315 g/mol. The second kappa shape index (κ2) is 7.37. The number of carbonyl (C=O) groups excluding carboxylic acids is 1. The highest BCUT2D eigenvalue weighted by molar-refractivity contribution is 5.76. The third kappa shape index (κ3) is 3.96. The van der Waals surface area contributed by atoms with Gasteiger partial charge in [-0.25, -0.2) is 0 Å². The van der Waals surface area contributed by atoms with Gasteiger partial charge in [-0.1, -0.05) is 42.4 Å². The number of aromatic nitrogens is 2. The molecular formula is C17H21N3O3. The Balaban J connectivity index is 1.54. The first-order chi connectivity index (χ1) is 11.3. The summed E-state index contributed by atoms with van der Waals surface area (Å²) in [4.78, 5) is 18.5. The normalized spacial score (nSPS) is 18.1. The van der Waals surface area contributed by atoms with Crippen molar-refractivity contribution in [3.8, 4) is 11.4 Å². The Morgan fingerprint density at radius 1 is 1.35 bits per heavy atom. The highest BCUT2D eigenvalue weighted by Crippen LogP contribution is 2.16. The molecule has 6 heteroatoms. The Labute approximate surface area is 135 Å². The lowest BCUT2D eigenvalue weighted by Crippen LogP contribution is -2.45. The molecule has 1 fully saturated rings. The van der Waals surface area contributed by atoms with Crippen molar-refractivity contribution in [2.75, 3.05) is 19.7 Å². The fraction of sp³-hybridized carbons (Fsp3) is 0.471. The molecule has 23 heavy (non-hydrogen) atoms. The quantitative estimate of drug-likeness (QED) is 0.847. The second-order valence-electron chi connectivity index (χ2n) is 5.62. The molecule has 0 radical (unpaired) electrons. The van der Waals surface area contributed by atoms with E-state index in [1.165, 1.54) is 0 Å². The predicted octanol–water partition coefficient (Wildman–Crippen LogP) is 2.31. The van der Waals surface area contributed by atoms with Gasteiger partial charge in [0, 0.05) is 31.5 Å². The number of benzene rings is 1. The molecule has 0 N–H and O–H groups in total. The summed E-state index contributed by atoms with van der Waals surface area (Å²) >= 11 is 0. The number of nitrogens with zero attached hydrogens (tertiary/aromatic N) is 3. The average Bonchev–Trinajstić information content (AvgIpc) is 3.09. The van der Waals surface area contributed by atoms with E-state index < -0.39 is 0 Å². The van der Waals surface area contributed by atoms with Crippen LogP contribution in [0.25, 0.3) is 11.4 Å². The van der Waals surface area contributed by atoms with Crippen LogP contribution < -0.4 is 0 Å². The largest absolute Gasteiger partial charge is 0.375 e. The van der Waals surface area contributed by atoms with E-state index in [2.05, 4.69) is 17.1 Å². The van der Waals surface area contributed by atoms with Gasteiger partial charge in [-0.05, 0) is 6.42 Å². The highest BCUT2D eigenvalue weighted by atomic mass is 16.5. The van der Waals surface area contributed by atoms with E-state index in [4.69, 9.17) is 9.26 Å². The SMILES string of the molecule is CC[C@H]1CN(C(=O)CCc2nc(-c3ccccc3)no2)CCO1. The minimum atomic E-state index is 0.117. The summed E-state index contributed by atoms with van der Waals surface area (Å²) in [5, 5.41) is 3.97. The summed E-state index contributed by atoms with van der Waals surface area (Å²) in [6.07, 6.45) is 1.92. The summed E-state index contributed by atoms with van der Waals surface area (Å²) in [6.45, 7) is 4.02. The molecule has 0 spiro atoms. The first kappa shape index (κ1) is 15.7. The summed E-state index contributed by atoms with van der Waals surface area (Å²) in [6, 6.07) is 9.65. The van der Waals surface area contributed by atoms with Crippen molar-refractivity contribution in [3.05, 3.63) is 36.2 Å². The summed E-state index contributed by atoms with van der Waals surface area (Å²) in [5.74, 6) is 1.18. The van der Waals surface area contributed by atoms with Crippen molar-refractivity contribution >= 4 is 5.91 Å². The number of rotatable bonds is 5. The zero-order valence-corrected chi connectivity index (χ0v) is 13.3. The van der Waals surface area contributed by atoms with Crippen molar-refractivity contribution in [3.63, 3.8) is 0 Å². The van der Waals surface area contributed by atoms with Crippen LogP contribution in [-0.4, -0.2) is 46.7 Å². The van der Waals surface area contributed by atoms with Crippen molar-refractivity contribution in [1.29, 1.82) is 0 Å². The minimum absolute atomic E-state index is 0.117. The van der Waals surface area contributed by atoms with Gasteiger partial charge in [0.15, 0.2) is 0 Å². The topological polar surface area (TPSA) is 68.5 Å². The lowest BCUT2D eigenvalue weighted by molar-refractivity contribution is -0.138. The van der Waals surface area contributed by atoms with Crippen LogP contribution in [0, 0.1) is 0 Å². The minimum Gasteiger partial charge on any atom is -0.375 e. The fourth-order valence-electron chi connectivity index (χ4n) is 2.63. The van der Waals surface area contributed by atoms with Gasteiger partial charge in [0.05, 0.1) is 12.7 Å².